The Labute approximate surface area is 239 Å². The molecule has 11 nitrogen and oxygen atoms in total. The third-order valence-electron chi connectivity index (χ3n) is 5.77. The Morgan fingerprint density at radius 1 is 1.00 bits per heavy atom. The highest BCUT2D eigenvalue weighted by molar-refractivity contribution is 7.17. The molecule has 0 bridgehead atoms. The number of hydrogen-bond acceptors (Lipinski definition) is 8. The number of hydrogen-bond donors (Lipinski definition) is 4. The molecule has 4 rings (SSSR count). The summed E-state index contributed by atoms with van der Waals surface area (Å²) in [6.07, 6.45) is -0.424. The number of carboxylic acids is 1. The second-order valence-corrected chi connectivity index (χ2v) is 9.91. The Hall–Kier alpha value is -5.23. The molecule has 2 amide bonds. The van der Waals surface area contributed by atoms with E-state index < -0.39 is 30.2 Å². The van der Waals surface area contributed by atoms with E-state index in [0.717, 1.165) is 16.9 Å². The van der Waals surface area contributed by atoms with E-state index in [1.807, 2.05) is 30.3 Å². The van der Waals surface area contributed by atoms with E-state index in [1.165, 1.54) is 12.1 Å². The Morgan fingerprint density at radius 3 is 2.34 bits per heavy atom. The van der Waals surface area contributed by atoms with E-state index in [9.17, 15) is 19.5 Å². The number of benzene rings is 3. The Morgan fingerprint density at radius 2 is 1.68 bits per heavy atom. The number of carbonyl (C=O) groups excluding carboxylic acids is 3. The molecule has 6 N–H and O–H groups in total. The first-order chi connectivity index (χ1) is 19.7. The lowest BCUT2D eigenvalue weighted by Crippen LogP contribution is -2.34. The van der Waals surface area contributed by atoms with Gasteiger partial charge in [0, 0.05) is 29.7 Å². The quantitative estimate of drug-likeness (QED) is 0.156. The van der Waals surface area contributed by atoms with Crippen LogP contribution in [0.3, 0.4) is 0 Å². The molecule has 12 heteroatoms. The van der Waals surface area contributed by atoms with Gasteiger partial charge >= 0.3 is 0 Å². The Balaban J connectivity index is 1.62. The lowest BCUT2D eigenvalue weighted by atomic mass is 10.0. The van der Waals surface area contributed by atoms with Gasteiger partial charge < -0.3 is 36.7 Å². The molecule has 3 aromatic carbocycles. The van der Waals surface area contributed by atoms with Crippen LogP contribution in [-0.4, -0.2) is 28.7 Å². The number of carboxylic acid groups (broad SMARTS) is 1. The molecule has 1 atom stereocenters. The molecule has 1 unspecified atom stereocenters. The number of nitrogens with one attached hydrogen (secondary N) is 2. The second-order valence-electron chi connectivity index (χ2n) is 8.93. The van der Waals surface area contributed by atoms with Crippen LogP contribution in [0.2, 0.25) is 0 Å². The summed E-state index contributed by atoms with van der Waals surface area (Å²) in [6.45, 7) is 1.86. The van der Waals surface area contributed by atoms with Gasteiger partial charge in [-0.25, -0.2) is 4.98 Å². The smallest absolute Gasteiger partial charge is 0.267 e. The van der Waals surface area contributed by atoms with Gasteiger partial charge in [-0.05, 0) is 30.2 Å². The largest absolute Gasteiger partial charge is 0.550 e. The molecule has 4 aromatic rings. The van der Waals surface area contributed by atoms with Crippen molar-refractivity contribution in [1.29, 1.82) is 0 Å². The fourth-order valence-electron chi connectivity index (χ4n) is 3.91. The van der Waals surface area contributed by atoms with E-state index in [2.05, 4.69) is 20.6 Å². The molecule has 210 valence electrons. The van der Waals surface area contributed by atoms with E-state index in [0.29, 0.717) is 17.0 Å². The Bertz CT molecular complexity index is 1570. The Kier molecular flexibility index (Phi) is 9.28. The zero-order valence-electron chi connectivity index (χ0n) is 22.0. The van der Waals surface area contributed by atoms with Gasteiger partial charge in [-0.2, -0.15) is 4.99 Å². The zero-order valence-corrected chi connectivity index (χ0v) is 22.8. The molecular weight excluding hydrogens is 544 g/mol. The van der Waals surface area contributed by atoms with Crippen molar-refractivity contribution < 1.29 is 24.2 Å². The van der Waals surface area contributed by atoms with Crippen LogP contribution < -0.4 is 31.9 Å². The number of anilines is 1. The summed E-state index contributed by atoms with van der Waals surface area (Å²) in [5, 5.41) is 17.2. The molecule has 41 heavy (non-hydrogen) atoms. The number of nitrogens with zero attached hydrogens (tertiary/aromatic N) is 2. The van der Waals surface area contributed by atoms with Crippen LogP contribution in [0, 0.1) is 6.92 Å². The predicted molar refractivity (Wildman–Crippen MR) is 154 cm³/mol. The van der Waals surface area contributed by atoms with Gasteiger partial charge in [0.05, 0.1) is 11.7 Å². The maximum atomic E-state index is 13.4. The van der Waals surface area contributed by atoms with E-state index in [4.69, 9.17) is 16.2 Å². The van der Waals surface area contributed by atoms with Gasteiger partial charge in [-0.3, -0.25) is 9.59 Å². The third-order valence-corrected chi connectivity index (χ3v) is 6.82. The highest BCUT2D eigenvalue weighted by Gasteiger charge is 2.20. The van der Waals surface area contributed by atoms with Crippen molar-refractivity contribution in [2.45, 2.75) is 26.0 Å². The number of thiazole rings is 1. The van der Waals surface area contributed by atoms with Gasteiger partial charge in [-0.1, -0.05) is 72.0 Å². The van der Waals surface area contributed by atoms with Crippen molar-refractivity contribution in [1.82, 2.24) is 10.3 Å². The van der Waals surface area contributed by atoms with Crippen molar-refractivity contribution >= 4 is 45.9 Å². The van der Waals surface area contributed by atoms with Gasteiger partial charge in [0.1, 0.15) is 17.2 Å². The molecular formula is C29H27N6O5S-. The molecule has 0 aliphatic carbocycles. The maximum Gasteiger partial charge on any atom is 0.267 e. The highest BCUT2D eigenvalue weighted by Crippen LogP contribution is 2.28. The van der Waals surface area contributed by atoms with Crippen LogP contribution in [0.5, 0.6) is 5.75 Å². The number of amides is 2. The number of aliphatic imine (C=N–C) groups is 1. The number of ether oxygens (including phenoxy) is 1. The van der Waals surface area contributed by atoms with E-state index in [1.54, 1.807) is 43.3 Å². The van der Waals surface area contributed by atoms with Crippen LogP contribution in [0.4, 0.5) is 10.8 Å². The standard InChI is InChI=1S/C29H28N6O5S/c1-17-25(41-29(32-17)35-28(30)31)27(39)33-21-12-20(13-22(14-21)40-16-18-8-4-2-5-9-18)26(38)34-23(15-24(36)37)19-10-6-3-7-11-19/h2-14,23H,15-16H2,1H3,(H,33,39)(H,34,38)(H,36,37)(H4,30,31,32,35)/p-1. The highest BCUT2D eigenvalue weighted by atomic mass is 32.1. The molecule has 0 spiro atoms. The van der Waals surface area contributed by atoms with Gasteiger partial charge in [0.25, 0.3) is 11.8 Å². The molecule has 0 radical (unpaired) electrons. The molecule has 0 saturated heterocycles. The number of aryl methyl sites for hydroxylation is 1. The van der Waals surface area contributed by atoms with Crippen LogP contribution in [0.1, 0.15) is 49.3 Å². The molecule has 0 aliphatic heterocycles. The van der Waals surface area contributed by atoms with Crippen LogP contribution in [-0.2, 0) is 11.4 Å². The van der Waals surface area contributed by atoms with E-state index >= 15 is 0 Å². The van der Waals surface area contributed by atoms with Crippen LogP contribution >= 0.6 is 11.3 Å². The summed E-state index contributed by atoms with van der Waals surface area (Å²) >= 11 is 1.01. The molecule has 0 fully saturated rings. The minimum absolute atomic E-state index is 0.146. The summed E-state index contributed by atoms with van der Waals surface area (Å²) in [6, 6.07) is 21.9. The first-order valence-electron chi connectivity index (χ1n) is 12.4. The lowest BCUT2D eigenvalue weighted by molar-refractivity contribution is -0.306. The first kappa shape index (κ1) is 28.8. The van der Waals surface area contributed by atoms with Gasteiger partial charge in [0.15, 0.2) is 5.96 Å². The summed E-state index contributed by atoms with van der Waals surface area (Å²) in [4.78, 5) is 46.3. The van der Waals surface area contributed by atoms with Gasteiger partial charge in [-0.15, -0.1) is 0 Å². The topological polar surface area (TPSA) is 185 Å². The fourth-order valence-corrected chi connectivity index (χ4v) is 4.76. The fraction of sp³-hybridized carbons (Fsp3) is 0.138. The van der Waals surface area contributed by atoms with Crippen molar-refractivity contribution in [3.63, 3.8) is 0 Å². The van der Waals surface area contributed by atoms with Crippen molar-refractivity contribution in [3.8, 4) is 5.75 Å². The number of guanidine groups is 1. The number of aliphatic carboxylic acids is 1. The summed E-state index contributed by atoms with van der Waals surface area (Å²) < 4.78 is 5.95. The lowest BCUT2D eigenvalue weighted by Gasteiger charge is -2.20. The van der Waals surface area contributed by atoms with Gasteiger partial charge in [0.2, 0.25) is 5.13 Å². The minimum atomic E-state index is -1.31. The monoisotopic (exact) mass is 571 g/mol. The third kappa shape index (κ3) is 8.13. The van der Waals surface area contributed by atoms with E-state index in [-0.39, 0.29) is 33.8 Å². The summed E-state index contributed by atoms with van der Waals surface area (Å²) in [5.74, 6) is -2.23. The normalized spacial score (nSPS) is 11.2. The average Bonchev–Trinajstić information content (AvgIpc) is 3.31. The molecule has 1 aromatic heterocycles. The van der Waals surface area contributed by atoms with Crippen LogP contribution in [0.25, 0.3) is 0 Å². The minimum Gasteiger partial charge on any atom is -0.550 e. The van der Waals surface area contributed by atoms with Crippen molar-refractivity contribution in [2.24, 2.45) is 16.5 Å². The van der Waals surface area contributed by atoms with Crippen molar-refractivity contribution in [3.05, 3.63) is 106 Å². The number of rotatable bonds is 11. The summed E-state index contributed by atoms with van der Waals surface area (Å²) in [5.41, 5.74) is 13.2. The van der Waals surface area contributed by atoms with Crippen LogP contribution in [0.15, 0.2) is 83.9 Å². The SMILES string of the molecule is Cc1nc(N=C(N)N)sc1C(=O)Nc1cc(OCc2ccccc2)cc(C(=O)NC(CC(=O)[O-])c2ccccc2)c1. The maximum absolute atomic E-state index is 13.4. The number of carbonyl (C=O) groups is 3. The number of nitrogens with two attached hydrogens (primary N) is 2. The zero-order chi connectivity index (χ0) is 29.4. The van der Waals surface area contributed by atoms with Crippen molar-refractivity contribution in [2.75, 3.05) is 5.32 Å². The predicted octanol–water partition coefficient (Wildman–Crippen LogP) is 2.80. The molecule has 0 aliphatic rings. The second kappa shape index (κ2) is 13.2. The summed E-state index contributed by atoms with van der Waals surface area (Å²) in [7, 11) is 0. The number of aromatic nitrogens is 1. The average molecular weight is 572 g/mol. The first-order valence-corrected chi connectivity index (χ1v) is 13.3. The molecule has 0 saturated carbocycles. The molecule has 1 heterocycles.